The van der Waals surface area contributed by atoms with Crippen molar-refractivity contribution in [2.24, 2.45) is 0 Å². The quantitative estimate of drug-likeness (QED) is 0.884. The maximum Gasteiger partial charge on any atom is 0.248 e. The van der Waals surface area contributed by atoms with Crippen LogP contribution in [0, 0.1) is 11.3 Å². The van der Waals surface area contributed by atoms with Crippen LogP contribution >= 0.6 is 11.6 Å². The highest BCUT2D eigenvalue weighted by atomic mass is 35.5. The Bertz CT molecular complexity index is 476. The summed E-state index contributed by atoms with van der Waals surface area (Å²) in [5, 5.41) is 7.93. The van der Waals surface area contributed by atoms with Crippen molar-refractivity contribution in [3.63, 3.8) is 0 Å². The van der Waals surface area contributed by atoms with E-state index >= 15 is 0 Å². The van der Waals surface area contributed by atoms with Gasteiger partial charge in [0.15, 0.2) is 5.25 Å². The van der Waals surface area contributed by atoms with E-state index in [0.717, 1.165) is 0 Å². The van der Waals surface area contributed by atoms with E-state index in [1.165, 1.54) is 19.1 Å². The van der Waals surface area contributed by atoms with E-state index < -0.39 is 15.3 Å². The van der Waals surface area contributed by atoms with E-state index in [0.29, 0.717) is 10.7 Å². The van der Waals surface area contributed by atoms with Crippen LogP contribution in [0.1, 0.15) is 6.92 Å². The average Bonchev–Trinajstić information content (AvgIpc) is 2.20. The number of nitrogens with one attached hydrogen (secondary N) is 1. The van der Waals surface area contributed by atoms with E-state index in [4.69, 9.17) is 16.9 Å². The highest BCUT2D eigenvalue weighted by molar-refractivity contribution is 7.93. The number of nitriles is 1. The molecule has 0 spiro atoms. The molecular weight excluding hydrogens is 236 g/mol. The molecule has 0 heterocycles. The van der Waals surface area contributed by atoms with Gasteiger partial charge in [-0.25, -0.2) is 8.42 Å². The van der Waals surface area contributed by atoms with Crippen molar-refractivity contribution < 1.29 is 8.42 Å². The summed E-state index contributed by atoms with van der Waals surface area (Å²) in [6.07, 6.45) is 0. The lowest BCUT2D eigenvalue weighted by molar-refractivity contribution is 0.597. The number of hydrogen-bond acceptors (Lipinski definition) is 3. The fraction of sp³-hybridized carbons (Fsp3) is 0.222. The molecular formula is C9H9ClN2O2S. The molecule has 0 aliphatic rings. The Balaban J connectivity index is 2.88. The number of benzene rings is 1. The molecule has 0 saturated carbocycles. The Kier molecular flexibility index (Phi) is 3.56. The standard InChI is InChI=1S/C9H9ClN2O2S/c1-7(6-11)15(13,14)12-9-4-2-8(10)3-5-9/h2-5,7,12H,1H3. The smallest absolute Gasteiger partial charge is 0.248 e. The fourth-order valence-corrected chi connectivity index (χ4v) is 1.75. The lowest BCUT2D eigenvalue weighted by Crippen LogP contribution is -2.23. The minimum atomic E-state index is -3.63. The number of nitrogens with zero attached hydrogens (tertiary/aromatic N) is 1. The van der Waals surface area contributed by atoms with Gasteiger partial charge in [-0.1, -0.05) is 11.6 Å². The van der Waals surface area contributed by atoms with Gasteiger partial charge in [0, 0.05) is 10.7 Å². The summed E-state index contributed by atoms with van der Waals surface area (Å²) < 4.78 is 25.2. The monoisotopic (exact) mass is 244 g/mol. The van der Waals surface area contributed by atoms with Crippen molar-refractivity contribution in [1.82, 2.24) is 0 Å². The third-order valence-corrected chi connectivity index (χ3v) is 3.56. The van der Waals surface area contributed by atoms with Crippen molar-refractivity contribution in [2.75, 3.05) is 4.72 Å². The molecule has 0 bridgehead atoms. The van der Waals surface area contributed by atoms with Crippen molar-refractivity contribution in [1.29, 1.82) is 5.26 Å². The number of sulfonamides is 1. The first-order valence-electron chi connectivity index (χ1n) is 4.12. The van der Waals surface area contributed by atoms with Gasteiger partial charge < -0.3 is 0 Å². The predicted molar refractivity (Wildman–Crippen MR) is 59.1 cm³/mol. The second-order valence-corrected chi connectivity index (χ2v) is 5.36. The second kappa shape index (κ2) is 4.51. The SMILES string of the molecule is CC(C#N)S(=O)(=O)Nc1ccc(Cl)cc1. The van der Waals surface area contributed by atoms with Gasteiger partial charge in [-0.15, -0.1) is 0 Å². The number of hydrogen-bond donors (Lipinski definition) is 1. The summed E-state index contributed by atoms with van der Waals surface area (Å²) >= 11 is 5.64. The van der Waals surface area contributed by atoms with Gasteiger partial charge in [-0.2, -0.15) is 5.26 Å². The Labute approximate surface area is 93.5 Å². The van der Waals surface area contributed by atoms with E-state index in [1.54, 1.807) is 18.2 Å². The molecule has 1 unspecified atom stereocenters. The first kappa shape index (κ1) is 11.8. The van der Waals surface area contributed by atoms with Crippen LogP contribution in [0.5, 0.6) is 0 Å². The third kappa shape index (κ3) is 3.11. The van der Waals surface area contributed by atoms with Crippen molar-refractivity contribution in [3.05, 3.63) is 29.3 Å². The maximum absolute atomic E-state index is 11.4. The highest BCUT2D eigenvalue weighted by Gasteiger charge is 2.19. The zero-order valence-electron chi connectivity index (χ0n) is 7.94. The van der Waals surface area contributed by atoms with E-state index in [-0.39, 0.29) is 0 Å². The highest BCUT2D eigenvalue weighted by Crippen LogP contribution is 2.15. The molecule has 0 fully saturated rings. The van der Waals surface area contributed by atoms with Crippen molar-refractivity contribution >= 4 is 27.3 Å². The molecule has 0 aliphatic carbocycles. The molecule has 4 nitrogen and oxygen atoms in total. The van der Waals surface area contributed by atoms with Gasteiger partial charge in [0.2, 0.25) is 10.0 Å². The van der Waals surface area contributed by atoms with Crippen molar-refractivity contribution in [2.45, 2.75) is 12.2 Å². The number of anilines is 1. The third-order valence-electron chi connectivity index (χ3n) is 1.75. The summed E-state index contributed by atoms with van der Waals surface area (Å²) in [6.45, 7) is 1.32. The molecule has 0 aromatic heterocycles. The molecule has 0 amide bonds. The van der Waals surface area contributed by atoms with Crippen LogP contribution in [0.3, 0.4) is 0 Å². The van der Waals surface area contributed by atoms with Crippen LogP contribution < -0.4 is 4.72 Å². The summed E-state index contributed by atoms with van der Waals surface area (Å²) in [7, 11) is -3.63. The molecule has 6 heteroatoms. The normalized spacial score (nSPS) is 12.9. The molecule has 1 aromatic carbocycles. The van der Waals surface area contributed by atoms with Crippen molar-refractivity contribution in [3.8, 4) is 6.07 Å². The largest absolute Gasteiger partial charge is 0.282 e. The first-order chi connectivity index (χ1) is 6.95. The van der Waals surface area contributed by atoms with E-state index in [9.17, 15) is 8.42 Å². The number of rotatable bonds is 3. The van der Waals surface area contributed by atoms with Crippen LogP contribution in [0.25, 0.3) is 0 Å². The summed E-state index contributed by atoms with van der Waals surface area (Å²) in [5.41, 5.74) is 0.390. The van der Waals surface area contributed by atoms with Gasteiger partial charge in [-0.05, 0) is 31.2 Å². The Morgan fingerprint density at radius 3 is 2.40 bits per heavy atom. The zero-order valence-corrected chi connectivity index (χ0v) is 9.51. The molecule has 80 valence electrons. The zero-order chi connectivity index (χ0) is 11.5. The summed E-state index contributed by atoms with van der Waals surface area (Å²) in [4.78, 5) is 0. The van der Waals surface area contributed by atoms with Crippen LogP contribution in [-0.4, -0.2) is 13.7 Å². The molecule has 15 heavy (non-hydrogen) atoms. The molecule has 0 radical (unpaired) electrons. The molecule has 1 atom stereocenters. The first-order valence-corrected chi connectivity index (χ1v) is 6.05. The van der Waals surface area contributed by atoms with Gasteiger partial charge in [0.25, 0.3) is 0 Å². The van der Waals surface area contributed by atoms with E-state index in [2.05, 4.69) is 4.72 Å². The fourth-order valence-electron chi connectivity index (χ4n) is 0.840. The maximum atomic E-state index is 11.4. The minimum absolute atomic E-state index is 0.390. The van der Waals surface area contributed by atoms with Gasteiger partial charge in [-0.3, -0.25) is 4.72 Å². The number of halogens is 1. The molecule has 0 aliphatic heterocycles. The summed E-state index contributed by atoms with van der Waals surface area (Å²) in [6, 6.07) is 7.86. The predicted octanol–water partition coefficient (Wildman–Crippen LogP) is 1.99. The lowest BCUT2D eigenvalue weighted by atomic mass is 10.3. The molecule has 0 saturated heterocycles. The summed E-state index contributed by atoms with van der Waals surface area (Å²) in [5.74, 6) is 0. The Morgan fingerprint density at radius 1 is 1.40 bits per heavy atom. The van der Waals surface area contributed by atoms with Crippen LogP contribution in [0.4, 0.5) is 5.69 Å². The van der Waals surface area contributed by atoms with Gasteiger partial charge in [0.1, 0.15) is 0 Å². The Morgan fingerprint density at radius 2 is 1.93 bits per heavy atom. The molecule has 1 N–H and O–H groups in total. The average molecular weight is 245 g/mol. The minimum Gasteiger partial charge on any atom is -0.282 e. The second-order valence-electron chi connectivity index (χ2n) is 2.93. The Hall–Kier alpha value is -1.25. The van der Waals surface area contributed by atoms with E-state index in [1.807, 2.05) is 0 Å². The van der Waals surface area contributed by atoms with Crippen LogP contribution in [-0.2, 0) is 10.0 Å². The van der Waals surface area contributed by atoms with Crippen LogP contribution in [0.2, 0.25) is 5.02 Å². The van der Waals surface area contributed by atoms with Gasteiger partial charge >= 0.3 is 0 Å². The lowest BCUT2D eigenvalue weighted by Gasteiger charge is -2.08. The van der Waals surface area contributed by atoms with Gasteiger partial charge in [0.05, 0.1) is 6.07 Å². The topological polar surface area (TPSA) is 70.0 Å². The molecule has 1 rings (SSSR count). The molecule has 1 aromatic rings. The van der Waals surface area contributed by atoms with Crippen LogP contribution in [0.15, 0.2) is 24.3 Å².